The Labute approximate surface area is 77.1 Å². The lowest BCUT2D eigenvalue weighted by Gasteiger charge is -1.99. The van der Waals surface area contributed by atoms with E-state index < -0.39 is 0 Å². The number of carbonyl (C=O) groups excluding carboxylic acids is 1. The summed E-state index contributed by atoms with van der Waals surface area (Å²) in [6.45, 7) is 0.0746. The summed E-state index contributed by atoms with van der Waals surface area (Å²) in [5.74, 6) is 0.495. The fourth-order valence-electron chi connectivity index (χ4n) is 1.10. The number of hydrogen-bond acceptors (Lipinski definition) is 3. The quantitative estimate of drug-likeness (QED) is 0.736. The minimum Gasteiger partial charge on any atom is -0.507 e. The first-order chi connectivity index (χ1) is 5.68. The molecule has 1 aliphatic rings. The molecule has 0 bridgehead atoms. The van der Waals surface area contributed by atoms with Crippen molar-refractivity contribution in [1.82, 2.24) is 0 Å². The van der Waals surface area contributed by atoms with E-state index in [9.17, 15) is 9.90 Å². The van der Waals surface area contributed by atoms with Gasteiger partial charge in [-0.2, -0.15) is 0 Å². The second kappa shape index (κ2) is 2.48. The normalized spacial score (nSPS) is 14.2. The van der Waals surface area contributed by atoms with Crippen LogP contribution in [0.2, 0.25) is 0 Å². The number of rotatable bonds is 0. The number of carbonyl (C=O) groups is 1. The molecular formula is C8H5BrO3. The van der Waals surface area contributed by atoms with E-state index in [1.54, 1.807) is 6.07 Å². The number of phenols is 1. The van der Waals surface area contributed by atoms with Gasteiger partial charge in [0.15, 0.2) is 6.61 Å². The third-order valence-electron chi connectivity index (χ3n) is 1.71. The SMILES string of the molecule is O=C1COc2cc(O)c(Br)cc21. The lowest BCUT2D eigenvalue weighted by molar-refractivity contribution is 0.0961. The molecule has 12 heavy (non-hydrogen) atoms. The molecule has 2 rings (SSSR count). The van der Waals surface area contributed by atoms with Crippen LogP contribution < -0.4 is 4.74 Å². The third-order valence-corrected chi connectivity index (χ3v) is 2.34. The molecule has 62 valence electrons. The molecule has 1 aromatic rings. The van der Waals surface area contributed by atoms with E-state index in [-0.39, 0.29) is 18.1 Å². The second-order valence-corrected chi connectivity index (χ2v) is 3.37. The molecule has 0 unspecified atom stereocenters. The summed E-state index contributed by atoms with van der Waals surface area (Å²) in [7, 11) is 0. The average molecular weight is 229 g/mol. The van der Waals surface area contributed by atoms with Crippen molar-refractivity contribution >= 4 is 21.7 Å². The van der Waals surface area contributed by atoms with Gasteiger partial charge in [0, 0.05) is 6.07 Å². The Bertz CT molecular complexity index is 360. The Hall–Kier alpha value is -1.03. The topological polar surface area (TPSA) is 46.5 Å². The van der Waals surface area contributed by atoms with Crippen LogP contribution in [-0.4, -0.2) is 17.5 Å². The summed E-state index contributed by atoms with van der Waals surface area (Å²) in [6.07, 6.45) is 0. The highest BCUT2D eigenvalue weighted by atomic mass is 79.9. The van der Waals surface area contributed by atoms with Crippen molar-refractivity contribution in [2.45, 2.75) is 0 Å². The third kappa shape index (κ3) is 0.992. The van der Waals surface area contributed by atoms with Gasteiger partial charge < -0.3 is 9.84 Å². The average Bonchev–Trinajstić information content (AvgIpc) is 2.35. The molecular weight excluding hydrogens is 224 g/mol. The van der Waals surface area contributed by atoms with Gasteiger partial charge in [-0.05, 0) is 22.0 Å². The van der Waals surface area contributed by atoms with Gasteiger partial charge in [-0.25, -0.2) is 0 Å². The lowest BCUT2D eigenvalue weighted by atomic mass is 10.1. The van der Waals surface area contributed by atoms with Gasteiger partial charge in [-0.1, -0.05) is 0 Å². The highest BCUT2D eigenvalue weighted by molar-refractivity contribution is 9.10. The van der Waals surface area contributed by atoms with Crippen molar-refractivity contribution in [3.05, 3.63) is 22.2 Å². The van der Waals surface area contributed by atoms with Crippen molar-refractivity contribution in [3.63, 3.8) is 0 Å². The van der Waals surface area contributed by atoms with Gasteiger partial charge in [0.1, 0.15) is 11.5 Å². The summed E-state index contributed by atoms with van der Waals surface area (Å²) < 4.78 is 5.53. The number of aromatic hydroxyl groups is 1. The fourth-order valence-corrected chi connectivity index (χ4v) is 1.44. The van der Waals surface area contributed by atoms with Gasteiger partial charge in [-0.3, -0.25) is 4.79 Å². The molecule has 4 heteroatoms. The lowest BCUT2D eigenvalue weighted by Crippen LogP contribution is -1.98. The van der Waals surface area contributed by atoms with Crippen LogP contribution in [0.1, 0.15) is 10.4 Å². The Balaban J connectivity index is 2.63. The molecule has 0 aromatic heterocycles. The smallest absolute Gasteiger partial charge is 0.203 e. The first kappa shape index (κ1) is 7.61. The van der Waals surface area contributed by atoms with E-state index in [0.29, 0.717) is 15.8 Å². The van der Waals surface area contributed by atoms with Gasteiger partial charge >= 0.3 is 0 Å². The number of benzene rings is 1. The number of Topliss-reactive ketones (excluding diaryl/α,β-unsaturated/α-hetero) is 1. The molecule has 0 amide bonds. The van der Waals surface area contributed by atoms with Crippen molar-refractivity contribution in [1.29, 1.82) is 0 Å². The first-order valence-electron chi connectivity index (χ1n) is 3.37. The van der Waals surface area contributed by atoms with Crippen molar-refractivity contribution in [2.24, 2.45) is 0 Å². The molecule has 0 saturated heterocycles. The standard InChI is InChI=1S/C8H5BrO3/c9-5-1-4-7(11)3-12-8(4)2-6(5)10/h1-2,10H,3H2. The predicted molar refractivity (Wildman–Crippen MR) is 45.6 cm³/mol. The molecule has 1 N–H and O–H groups in total. The Morgan fingerprint density at radius 3 is 3.00 bits per heavy atom. The van der Waals surface area contributed by atoms with Crippen LogP contribution in [0.4, 0.5) is 0 Å². The zero-order valence-corrected chi connectivity index (χ0v) is 7.59. The summed E-state index contributed by atoms with van der Waals surface area (Å²) in [6, 6.07) is 3.00. The van der Waals surface area contributed by atoms with E-state index in [1.807, 2.05) is 0 Å². The van der Waals surface area contributed by atoms with Crippen LogP contribution in [0.15, 0.2) is 16.6 Å². The molecule has 0 radical (unpaired) electrons. The van der Waals surface area contributed by atoms with Crippen LogP contribution >= 0.6 is 15.9 Å². The molecule has 1 aliphatic heterocycles. The van der Waals surface area contributed by atoms with Crippen molar-refractivity contribution in [3.8, 4) is 11.5 Å². The van der Waals surface area contributed by atoms with Crippen molar-refractivity contribution in [2.75, 3.05) is 6.61 Å². The van der Waals surface area contributed by atoms with Crippen LogP contribution in [0.25, 0.3) is 0 Å². The number of fused-ring (bicyclic) bond motifs is 1. The zero-order chi connectivity index (χ0) is 8.72. The number of ketones is 1. The van der Waals surface area contributed by atoms with Crippen LogP contribution in [0.3, 0.4) is 0 Å². The molecule has 1 heterocycles. The Kier molecular flexibility index (Phi) is 1.58. The monoisotopic (exact) mass is 228 g/mol. The molecule has 0 aliphatic carbocycles. The van der Waals surface area contributed by atoms with Gasteiger partial charge in [0.2, 0.25) is 5.78 Å². The maximum atomic E-state index is 11.1. The largest absolute Gasteiger partial charge is 0.507 e. The highest BCUT2D eigenvalue weighted by Gasteiger charge is 2.22. The van der Waals surface area contributed by atoms with E-state index in [4.69, 9.17) is 4.74 Å². The molecule has 3 nitrogen and oxygen atoms in total. The summed E-state index contributed by atoms with van der Waals surface area (Å²) in [5.41, 5.74) is 0.527. The van der Waals surface area contributed by atoms with E-state index >= 15 is 0 Å². The molecule has 0 fully saturated rings. The van der Waals surface area contributed by atoms with Crippen LogP contribution in [-0.2, 0) is 0 Å². The Morgan fingerprint density at radius 1 is 1.50 bits per heavy atom. The van der Waals surface area contributed by atoms with Gasteiger partial charge in [-0.15, -0.1) is 0 Å². The first-order valence-corrected chi connectivity index (χ1v) is 4.16. The van der Waals surface area contributed by atoms with Crippen LogP contribution in [0, 0.1) is 0 Å². The van der Waals surface area contributed by atoms with E-state index in [0.717, 1.165) is 0 Å². The number of hydrogen-bond donors (Lipinski definition) is 1. The maximum absolute atomic E-state index is 11.1. The minimum atomic E-state index is -0.0503. The summed E-state index contributed by atoms with van der Waals surface area (Å²) in [5, 5.41) is 9.23. The number of ether oxygens (including phenoxy) is 1. The fraction of sp³-hybridized carbons (Fsp3) is 0.125. The zero-order valence-electron chi connectivity index (χ0n) is 6.00. The second-order valence-electron chi connectivity index (χ2n) is 2.51. The van der Waals surface area contributed by atoms with E-state index in [1.165, 1.54) is 6.07 Å². The summed E-state index contributed by atoms with van der Waals surface area (Å²) in [4.78, 5) is 11.1. The molecule has 0 saturated carbocycles. The highest BCUT2D eigenvalue weighted by Crippen LogP contribution is 2.34. The van der Waals surface area contributed by atoms with E-state index in [2.05, 4.69) is 15.9 Å². The van der Waals surface area contributed by atoms with Gasteiger partial charge in [0.05, 0.1) is 10.0 Å². The minimum absolute atomic E-state index is 0.0503. The predicted octanol–water partition coefficient (Wildman–Crippen LogP) is 1.73. The Morgan fingerprint density at radius 2 is 2.25 bits per heavy atom. The number of phenolic OH excluding ortho intramolecular Hbond substituents is 1. The molecule has 0 spiro atoms. The summed E-state index contributed by atoms with van der Waals surface area (Å²) >= 11 is 3.12. The number of halogens is 1. The van der Waals surface area contributed by atoms with Crippen LogP contribution in [0.5, 0.6) is 11.5 Å². The molecule has 1 aromatic carbocycles. The maximum Gasteiger partial charge on any atom is 0.203 e. The van der Waals surface area contributed by atoms with Crippen molar-refractivity contribution < 1.29 is 14.6 Å². The molecule has 0 atom stereocenters. The van der Waals surface area contributed by atoms with Gasteiger partial charge in [0.25, 0.3) is 0 Å².